The quantitative estimate of drug-likeness (QED) is 0.451. The SMILES string of the molecule is Cc1cccc(-c2ccc(-c3cccc(Cl)c3Cl)c(F)c2F)c1C. The average Bonchev–Trinajstić information content (AvgIpc) is 2.56. The molecule has 0 amide bonds. The third-order valence-electron chi connectivity index (χ3n) is 4.22. The molecule has 122 valence electrons. The van der Waals surface area contributed by atoms with Crippen molar-refractivity contribution >= 4 is 23.2 Å². The first-order valence-electron chi connectivity index (χ1n) is 7.40. The van der Waals surface area contributed by atoms with Crippen molar-refractivity contribution in [3.8, 4) is 22.3 Å². The van der Waals surface area contributed by atoms with Gasteiger partial charge in [0, 0.05) is 16.7 Å². The lowest BCUT2D eigenvalue weighted by atomic mass is 9.94. The fraction of sp³-hybridized carbons (Fsp3) is 0.100. The van der Waals surface area contributed by atoms with Crippen LogP contribution in [0.2, 0.25) is 10.0 Å². The third kappa shape index (κ3) is 2.81. The van der Waals surface area contributed by atoms with Crippen LogP contribution in [0, 0.1) is 25.5 Å². The van der Waals surface area contributed by atoms with Crippen LogP contribution in [0.1, 0.15) is 11.1 Å². The Kier molecular flexibility index (Phi) is 4.62. The van der Waals surface area contributed by atoms with E-state index in [1.807, 2.05) is 26.0 Å². The second-order valence-corrected chi connectivity index (χ2v) is 6.42. The largest absolute Gasteiger partial charge is 0.203 e. The molecule has 3 aromatic rings. The van der Waals surface area contributed by atoms with Gasteiger partial charge in [-0.05, 0) is 36.6 Å². The maximum absolute atomic E-state index is 14.7. The maximum Gasteiger partial charge on any atom is 0.167 e. The molecule has 0 aromatic heterocycles. The van der Waals surface area contributed by atoms with Gasteiger partial charge in [-0.2, -0.15) is 0 Å². The van der Waals surface area contributed by atoms with Crippen molar-refractivity contribution in [2.75, 3.05) is 0 Å². The van der Waals surface area contributed by atoms with Gasteiger partial charge in [0.05, 0.1) is 10.0 Å². The summed E-state index contributed by atoms with van der Waals surface area (Å²) in [6, 6.07) is 13.5. The van der Waals surface area contributed by atoms with E-state index in [2.05, 4.69) is 0 Å². The van der Waals surface area contributed by atoms with Gasteiger partial charge in [-0.1, -0.05) is 65.7 Å². The minimum atomic E-state index is -0.933. The molecule has 3 rings (SSSR count). The molecule has 0 fully saturated rings. The zero-order chi connectivity index (χ0) is 17.4. The summed E-state index contributed by atoms with van der Waals surface area (Å²) in [7, 11) is 0. The standard InChI is InChI=1S/C20H14Cl2F2/c1-11-5-3-6-13(12(11)2)15-9-10-16(20(24)19(15)23)14-7-4-8-17(21)18(14)22/h3-10H,1-2H3. The van der Waals surface area contributed by atoms with Crippen LogP contribution in [0.5, 0.6) is 0 Å². The number of hydrogen-bond donors (Lipinski definition) is 0. The summed E-state index contributed by atoms with van der Waals surface area (Å²) in [6.07, 6.45) is 0. The fourth-order valence-electron chi connectivity index (χ4n) is 2.72. The van der Waals surface area contributed by atoms with E-state index < -0.39 is 11.6 Å². The van der Waals surface area contributed by atoms with Crippen LogP contribution in [-0.2, 0) is 0 Å². The topological polar surface area (TPSA) is 0 Å². The number of aryl methyl sites for hydroxylation is 1. The van der Waals surface area contributed by atoms with Crippen molar-refractivity contribution in [3.05, 3.63) is 81.3 Å². The van der Waals surface area contributed by atoms with Crippen LogP contribution >= 0.6 is 23.2 Å². The molecule has 0 radical (unpaired) electrons. The highest BCUT2D eigenvalue weighted by Crippen LogP contribution is 2.38. The minimum absolute atomic E-state index is 0.0917. The molecule has 4 heteroatoms. The molecule has 0 nitrogen and oxygen atoms in total. The predicted octanol–water partition coefficient (Wildman–Crippen LogP) is 7.22. The van der Waals surface area contributed by atoms with Crippen LogP contribution < -0.4 is 0 Å². The zero-order valence-corrected chi connectivity index (χ0v) is 14.6. The van der Waals surface area contributed by atoms with E-state index in [0.29, 0.717) is 16.1 Å². The van der Waals surface area contributed by atoms with Gasteiger partial charge in [0.1, 0.15) is 0 Å². The van der Waals surface area contributed by atoms with E-state index in [0.717, 1.165) is 11.1 Å². The summed E-state index contributed by atoms with van der Waals surface area (Å²) < 4.78 is 29.4. The lowest BCUT2D eigenvalue weighted by Gasteiger charge is -2.13. The first-order valence-corrected chi connectivity index (χ1v) is 8.16. The molecule has 0 N–H and O–H groups in total. The molecule has 0 aliphatic carbocycles. The van der Waals surface area contributed by atoms with Gasteiger partial charge in [0.25, 0.3) is 0 Å². The Morgan fingerprint density at radius 3 is 1.88 bits per heavy atom. The van der Waals surface area contributed by atoms with Crippen molar-refractivity contribution in [1.82, 2.24) is 0 Å². The number of benzene rings is 3. The van der Waals surface area contributed by atoms with E-state index in [9.17, 15) is 8.78 Å². The van der Waals surface area contributed by atoms with Crippen molar-refractivity contribution < 1.29 is 8.78 Å². The Morgan fingerprint density at radius 1 is 0.667 bits per heavy atom. The van der Waals surface area contributed by atoms with Crippen LogP contribution in [0.15, 0.2) is 48.5 Å². The van der Waals surface area contributed by atoms with E-state index in [4.69, 9.17) is 23.2 Å². The van der Waals surface area contributed by atoms with Gasteiger partial charge in [-0.25, -0.2) is 8.78 Å². The molecule has 0 saturated heterocycles. The Hall–Kier alpha value is -1.90. The highest BCUT2D eigenvalue weighted by Gasteiger charge is 2.19. The number of hydrogen-bond acceptors (Lipinski definition) is 0. The van der Waals surface area contributed by atoms with E-state index in [1.54, 1.807) is 30.3 Å². The third-order valence-corrected chi connectivity index (χ3v) is 5.04. The molecule has 0 aliphatic heterocycles. The normalized spacial score (nSPS) is 10.9. The molecule has 0 heterocycles. The lowest BCUT2D eigenvalue weighted by molar-refractivity contribution is 0.514. The molecule has 0 bridgehead atoms. The maximum atomic E-state index is 14.7. The second-order valence-electron chi connectivity index (χ2n) is 5.64. The predicted molar refractivity (Wildman–Crippen MR) is 96.7 cm³/mol. The van der Waals surface area contributed by atoms with E-state index in [1.165, 1.54) is 6.07 Å². The molecule has 0 unspecified atom stereocenters. The van der Waals surface area contributed by atoms with Gasteiger partial charge in [0.2, 0.25) is 0 Å². The summed E-state index contributed by atoms with van der Waals surface area (Å²) in [6.45, 7) is 3.83. The highest BCUT2D eigenvalue weighted by atomic mass is 35.5. The minimum Gasteiger partial charge on any atom is -0.203 e. The van der Waals surface area contributed by atoms with Crippen molar-refractivity contribution in [2.24, 2.45) is 0 Å². The van der Waals surface area contributed by atoms with Crippen LogP contribution in [0.25, 0.3) is 22.3 Å². The van der Waals surface area contributed by atoms with E-state index >= 15 is 0 Å². The Labute approximate surface area is 149 Å². The zero-order valence-electron chi connectivity index (χ0n) is 13.1. The van der Waals surface area contributed by atoms with Gasteiger partial charge in [-0.15, -0.1) is 0 Å². The summed E-state index contributed by atoms with van der Waals surface area (Å²) in [5.41, 5.74) is 3.31. The second kappa shape index (κ2) is 6.54. The van der Waals surface area contributed by atoms with Crippen molar-refractivity contribution in [3.63, 3.8) is 0 Å². The Balaban J connectivity index is 2.20. The summed E-state index contributed by atoms with van der Waals surface area (Å²) in [5, 5.41) is 0.504. The Bertz CT molecular complexity index is 857. The van der Waals surface area contributed by atoms with Gasteiger partial charge >= 0.3 is 0 Å². The molecule has 0 saturated carbocycles. The summed E-state index contributed by atoms with van der Waals surface area (Å²) in [5.74, 6) is -1.82. The van der Waals surface area contributed by atoms with Gasteiger partial charge in [0.15, 0.2) is 11.6 Å². The first-order chi connectivity index (χ1) is 11.4. The molecule has 0 atom stereocenters. The van der Waals surface area contributed by atoms with Crippen LogP contribution in [0.3, 0.4) is 0 Å². The molecule has 0 spiro atoms. The smallest absolute Gasteiger partial charge is 0.167 e. The van der Waals surface area contributed by atoms with Crippen LogP contribution in [-0.4, -0.2) is 0 Å². The highest BCUT2D eigenvalue weighted by molar-refractivity contribution is 6.43. The van der Waals surface area contributed by atoms with Crippen molar-refractivity contribution in [2.45, 2.75) is 13.8 Å². The van der Waals surface area contributed by atoms with E-state index in [-0.39, 0.29) is 16.1 Å². The van der Waals surface area contributed by atoms with Crippen LogP contribution in [0.4, 0.5) is 8.78 Å². The fourth-order valence-corrected chi connectivity index (χ4v) is 3.12. The summed E-state index contributed by atoms with van der Waals surface area (Å²) >= 11 is 12.1. The molecule has 24 heavy (non-hydrogen) atoms. The molecular weight excluding hydrogens is 349 g/mol. The monoisotopic (exact) mass is 362 g/mol. The summed E-state index contributed by atoms with van der Waals surface area (Å²) in [4.78, 5) is 0. The first kappa shape index (κ1) is 16.9. The number of halogens is 4. The van der Waals surface area contributed by atoms with Gasteiger partial charge in [-0.3, -0.25) is 0 Å². The number of rotatable bonds is 2. The van der Waals surface area contributed by atoms with Crippen molar-refractivity contribution in [1.29, 1.82) is 0 Å². The van der Waals surface area contributed by atoms with Gasteiger partial charge < -0.3 is 0 Å². The molecule has 0 aliphatic rings. The lowest BCUT2D eigenvalue weighted by Crippen LogP contribution is -1.96. The molecular formula is C20H14Cl2F2. The molecule has 3 aromatic carbocycles. The average molecular weight is 363 g/mol. The Morgan fingerprint density at radius 2 is 1.21 bits per heavy atom.